The van der Waals surface area contributed by atoms with Gasteiger partial charge in [-0.1, -0.05) is 96.3 Å². The zero-order valence-corrected chi connectivity index (χ0v) is 26.6. The lowest BCUT2D eigenvalue weighted by atomic mass is 10.0. The van der Waals surface area contributed by atoms with Crippen LogP contribution in [0.5, 0.6) is 0 Å². The van der Waals surface area contributed by atoms with Crippen LogP contribution in [0.2, 0.25) is 0 Å². The second-order valence-electron chi connectivity index (χ2n) is 10.1. The van der Waals surface area contributed by atoms with E-state index in [-0.39, 0.29) is 0 Å². The highest BCUT2D eigenvalue weighted by Crippen LogP contribution is 2.12. The lowest BCUT2D eigenvalue weighted by Gasteiger charge is -2.08. The molecule has 0 aliphatic carbocycles. The summed E-state index contributed by atoms with van der Waals surface area (Å²) in [5.74, 6) is 2.41. The number of terminal acetylenes is 1. The van der Waals surface area contributed by atoms with Crippen molar-refractivity contribution in [2.45, 2.75) is 96.8 Å². The molecule has 0 N–H and O–H groups in total. The third kappa shape index (κ3) is 39.2. The molecule has 0 saturated heterocycles. The van der Waals surface area contributed by atoms with E-state index in [0.717, 1.165) is 13.0 Å². The average molecular weight is 589 g/mol. The molecule has 0 aromatic heterocycles. The van der Waals surface area contributed by atoms with Crippen molar-refractivity contribution in [3.63, 3.8) is 0 Å². The van der Waals surface area contributed by atoms with Crippen LogP contribution in [0.1, 0.15) is 96.8 Å². The second kappa shape index (κ2) is 39.2. The molecule has 0 rings (SSSR count). The molecule has 0 bridgehead atoms. The van der Waals surface area contributed by atoms with Crippen molar-refractivity contribution in [2.24, 2.45) is 0 Å². The molecule has 0 heterocycles. The van der Waals surface area contributed by atoms with Crippen molar-refractivity contribution >= 4 is 0 Å². The summed E-state index contributed by atoms with van der Waals surface area (Å²) in [5.41, 5.74) is 0. The molecule has 0 aromatic carbocycles. The molecule has 8 nitrogen and oxygen atoms in total. The number of ether oxygens (including phenoxy) is 8. The average Bonchev–Trinajstić information content (AvgIpc) is 2.98. The van der Waals surface area contributed by atoms with Gasteiger partial charge in [0.25, 0.3) is 0 Å². The zero-order chi connectivity index (χ0) is 29.6. The van der Waals surface area contributed by atoms with Crippen LogP contribution >= 0.6 is 0 Å². The maximum Gasteiger partial charge on any atom is 0.107 e. The van der Waals surface area contributed by atoms with Gasteiger partial charge < -0.3 is 37.9 Å². The first-order chi connectivity index (χ1) is 20.4. The third-order valence-corrected chi connectivity index (χ3v) is 6.43. The van der Waals surface area contributed by atoms with Crippen molar-refractivity contribution in [3.8, 4) is 12.3 Å². The zero-order valence-electron chi connectivity index (χ0n) is 26.6. The first-order valence-electron chi connectivity index (χ1n) is 16.5. The number of unbranched alkanes of at least 4 members (excludes halogenated alkanes) is 13. The van der Waals surface area contributed by atoms with E-state index in [0.29, 0.717) is 99.1 Å². The summed E-state index contributed by atoms with van der Waals surface area (Å²) in [6.45, 7) is 11.2. The van der Waals surface area contributed by atoms with Crippen LogP contribution in [0.15, 0.2) is 0 Å². The minimum absolute atomic E-state index is 0.318. The van der Waals surface area contributed by atoms with Gasteiger partial charge in [0.05, 0.1) is 92.5 Å². The molecule has 0 aliphatic heterocycles. The van der Waals surface area contributed by atoms with Gasteiger partial charge in [-0.25, -0.2) is 0 Å². The first kappa shape index (κ1) is 40.2. The molecule has 0 aromatic rings. The van der Waals surface area contributed by atoms with Crippen LogP contribution in [-0.4, -0.2) is 106 Å². The molecular formula is C33H64O8. The lowest BCUT2D eigenvalue weighted by molar-refractivity contribution is -0.0225. The molecule has 8 heteroatoms. The van der Waals surface area contributed by atoms with Crippen molar-refractivity contribution in [3.05, 3.63) is 0 Å². The summed E-state index contributed by atoms with van der Waals surface area (Å²) < 4.78 is 43.5. The molecule has 41 heavy (non-hydrogen) atoms. The summed E-state index contributed by atoms with van der Waals surface area (Å²) in [6, 6.07) is 0. The van der Waals surface area contributed by atoms with E-state index in [1.807, 2.05) is 0 Å². The Hall–Kier alpha value is -0.760. The normalized spacial score (nSPS) is 11.3. The van der Waals surface area contributed by atoms with Gasteiger partial charge in [0.15, 0.2) is 0 Å². The van der Waals surface area contributed by atoms with Gasteiger partial charge in [0, 0.05) is 6.61 Å². The molecule has 0 unspecified atom stereocenters. The quantitative estimate of drug-likeness (QED) is 0.0624. The minimum Gasteiger partial charge on any atom is -0.379 e. The highest BCUT2D eigenvalue weighted by Gasteiger charge is 1.97. The van der Waals surface area contributed by atoms with Crippen LogP contribution in [-0.2, 0) is 37.9 Å². The van der Waals surface area contributed by atoms with E-state index in [2.05, 4.69) is 12.8 Å². The van der Waals surface area contributed by atoms with Gasteiger partial charge in [-0.05, 0) is 6.42 Å². The van der Waals surface area contributed by atoms with Gasteiger partial charge in [-0.3, -0.25) is 0 Å². The van der Waals surface area contributed by atoms with Crippen molar-refractivity contribution in [1.29, 1.82) is 0 Å². The molecule has 0 radical (unpaired) electrons. The topological polar surface area (TPSA) is 73.8 Å². The Labute approximate surface area is 252 Å². The van der Waals surface area contributed by atoms with Crippen molar-refractivity contribution in [1.82, 2.24) is 0 Å². The Morgan fingerprint density at radius 2 is 0.561 bits per heavy atom. The fourth-order valence-corrected chi connectivity index (χ4v) is 4.07. The standard InChI is InChI=1S/C33H64O8/c1-3-5-6-7-8-9-10-11-12-13-14-15-16-17-19-35-21-23-37-25-27-39-29-31-41-33-32-40-30-28-38-26-24-36-22-20-34-18-4-2/h2H,3,5-33H2,1H3. The number of rotatable bonds is 37. The van der Waals surface area contributed by atoms with Gasteiger partial charge in [0.2, 0.25) is 0 Å². The molecule has 0 saturated carbocycles. The van der Waals surface area contributed by atoms with E-state index in [1.54, 1.807) is 0 Å². The van der Waals surface area contributed by atoms with Crippen LogP contribution in [0.3, 0.4) is 0 Å². The largest absolute Gasteiger partial charge is 0.379 e. The summed E-state index contributed by atoms with van der Waals surface area (Å²) in [5, 5.41) is 0. The van der Waals surface area contributed by atoms with Crippen LogP contribution in [0.4, 0.5) is 0 Å². The van der Waals surface area contributed by atoms with E-state index in [4.69, 9.17) is 44.3 Å². The lowest BCUT2D eigenvalue weighted by Crippen LogP contribution is -2.15. The van der Waals surface area contributed by atoms with Crippen molar-refractivity contribution in [2.75, 3.05) is 106 Å². The molecule has 0 fully saturated rings. The number of hydrogen-bond donors (Lipinski definition) is 0. The van der Waals surface area contributed by atoms with Gasteiger partial charge in [-0.15, -0.1) is 6.42 Å². The summed E-state index contributed by atoms with van der Waals surface area (Å²) in [7, 11) is 0. The van der Waals surface area contributed by atoms with Gasteiger partial charge >= 0.3 is 0 Å². The molecular weight excluding hydrogens is 524 g/mol. The Bertz CT molecular complexity index is 500. The van der Waals surface area contributed by atoms with Gasteiger partial charge in [-0.2, -0.15) is 0 Å². The summed E-state index contributed by atoms with van der Waals surface area (Å²) >= 11 is 0. The fraction of sp³-hybridized carbons (Fsp3) is 0.939. The predicted octanol–water partition coefficient (Wildman–Crippen LogP) is 6.23. The van der Waals surface area contributed by atoms with E-state index < -0.39 is 0 Å². The SMILES string of the molecule is C#CCOCCOCCOCCOCCOCCOCCOCCOCCCCCCCCCCCCCCCC. The van der Waals surface area contributed by atoms with E-state index in [9.17, 15) is 0 Å². The monoisotopic (exact) mass is 588 g/mol. The maximum absolute atomic E-state index is 5.66. The first-order valence-corrected chi connectivity index (χ1v) is 16.5. The Morgan fingerprint density at radius 1 is 0.317 bits per heavy atom. The molecule has 0 atom stereocenters. The Balaban J connectivity index is 3.02. The van der Waals surface area contributed by atoms with Gasteiger partial charge in [0.1, 0.15) is 6.61 Å². The van der Waals surface area contributed by atoms with Crippen LogP contribution < -0.4 is 0 Å². The summed E-state index contributed by atoms with van der Waals surface area (Å²) in [4.78, 5) is 0. The highest BCUT2D eigenvalue weighted by molar-refractivity contribution is 4.82. The highest BCUT2D eigenvalue weighted by atomic mass is 16.6. The third-order valence-electron chi connectivity index (χ3n) is 6.43. The number of hydrogen-bond acceptors (Lipinski definition) is 8. The van der Waals surface area contributed by atoms with Crippen LogP contribution in [0, 0.1) is 12.3 Å². The molecule has 244 valence electrons. The van der Waals surface area contributed by atoms with Crippen LogP contribution in [0.25, 0.3) is 0 Å². The second-order valence-corrected chi connectivity index (χ2v) is 10.1. The fourth-order valence-electron chi connectivity index (χ4n) is 4.07. The molecule has 0 spiro atoms. The Kier molecular flexibility index (Phi) is 38.5. The van der Waals surface area contributed by atoms with Crippen molar-refractivity contribution < 1.29 is 37.9 Å². The molecule has 0 amide bonds. The molecule has 0 aliphatic rings. The van der Waals surface area contributed by atoms with E-state index >= 15 is 0 Å². The summed E-state index contributed by atoms with van der Waals surface area (Å²) in [6.07, 6.45) is 24.4. The van der Waals surface area contributed by atoms with E-state index in [1.165, 1.54) is 83.5 Å². The maximum atomic E-state index is 5.66. The minimum atomic E-state index is 0.318. The Morgan fingerprint density at radius 3 is 0.854 bits per heavy atom. The predicted molar refractivity (Wildman–Crippen MR) is 166 cm³/mol. The smallest absolute Gasteiger partial charge is 0.107 e.